The molecule has 0 rings (SSSR count). The molecule has 0 aromatic rings. The van der Waals surface area contributed by atoms with Crippen molar-refractivity contribution >= 4 is 5.91 Å². The van der Waals surface area contributed by atoms with E-state index in [0.29, 0.717) is 18.4 Å². The van der Waals surface area contributed by atoms with E-state index < -0.39 is 5.91 Å². The third kappa shape index (κ3) is 5.61. The Hall–Kier alpha value is -0.830. The second-order valence-electron chi connectivity index (χ2n) is 2.68. The number of rotatable bonds is 4. The molecular weight excluding hydrogens is 142 g/mol. The van der Waals surface area contributed by atoms with Crippen LogP contribution in [0.2, 0.25) is 0 Å². The van der Waals surface area contributed by atoms with Gasteiger partial charge in [0.15, 0.2) is 0 Å². The van der Waals surface area contributed by atoms with Crippen LogP contribution in [0.3, 0.4) is 0 Å². The Morgan fingerprint density at radius 1 is 1.73 bits per heavy atom. The average Bonchev–Trinajstić information content (AvgIpc) is 1.86. The smallest absolute Gasteiger partial charge is 0.244 e. The molecule has 0 saturated carbocycles. The molecule has 0 spiro atoms. The molecule has 0 aliphatic carbocycles. The molecule has 0 aliphatic rings. The number of aliphatic hydroxyl groups excluding tert-OH is 1. The Labute approximate surface area is 66.9 Å². The third-order valence-corrected chi connectivity index (χ3v) is 1.42. The van der Waals surface area contributed by atoms with Gasteiger partial charge in [-0.25, -0.2) is 0 Å². The van der Waals surface area contributed by atoms with E-state index in [1.54, 1.807) is 19.9 Å². The van der Waals surface area contributed by atoms with E-state index in [4.69, 9.17) is 10.8 Å². The van der Waals surface area contributed by atoms with Crippen LogP contribution in [0.15, 0.2) is 11.6 Å². The van der Waals surface area contributed by atoms with Crippen LogP contribution in [0.5, 0.6) is 0 Å². The van der Waals surface area contributed by atoms with Gasteiger partial charge in [-0.3, -0.25) is 4.79 Å². The van der Waals surface area contributed by atoms with Crippen LogP contribution in [-0.4, -0.2) is 17.1 Å². The van der Waals surface area contributed by atoms with Crippen LogP contribution < -0.4 is 5.73 Å². The van der Waals surface area contributed by atoms with E-state index in [9.17, 15) is 4.79 Å². The van der Waals surface area contributed by atoms with E-state index in [0.717, 1.165) is 0 Å². The van der Waals surface area contributed by atoms with E-state index in [1.165, 1.54) is 0 Å². The van der Waals surface area contributed by atoms with Crippen molar-refractivity contribution < 1.29 is 9.90 Å². The molecule has 0 saturated heterocycles. The molecular formula is C8H15NO2. The summed E-state index contributed by atoms with van der Waals surface area (Å²) >= 11 is 0. The number of carbonyl (C=O) groups is 1. The Morgan fingerprint density at radius 3 is 2.64 bits per heavy atom. The van der Waals surface area contributed by atoms with Crippen LogP contribution in [0, 0.1) is 0 Å². The first kappa shape index (κ1) is 10.2. The zero-order valence-electron chi connectivity index (χ0n) is 7.00. The van der Waals surface area contributed by atoms with Gasteiger partial charge in [-0.15, -0.1) is 0 Å². The summed E-state index contributed by atoms with van der Waals surface area (Å²) in [6.45, 7) is 3.39. The second-order valence-corrected chi connectivity index (χ2v) is 2.68. The molecule has 64 valence electrons. The number of nitrogens with two attached hydrogens (primary N) is 1. The molecule has 0 radical (unpaired) electrons. The topological polar surface area (TPSA) is 63.3 Å². The first-order valence-corrected chi connectivity index (χ1v) is 3.68. The number of hydrogen-bond donors (Lipinski definition) is 2. The van der Waals surface area contributed by atoms with Gasteiger partial charge in [0.05, 0.1) is 6.10 Å². The fraction of sp³-hybridized carbons (Fsp3) is 0.625. The van der Waals surface area contributed by atoms with Crippen molar-refractivity contribution in [3.63, 3.8) is 0 Å². The van der Waals surface area contributed by atoms with Crippen molar-refractivity contribution in [2.24, 2.45) is 5.73 Å². The van der Waals surface area contributed by atoms with Gasteiger partial charge >= 0.3 is 0 Å². The van der Waals surface area contributed by atoms with Crippen LogP contribution in [-0.2, 0) is 4.79 Å². The summed E-state index contributed by atoms with van der Waals surface area (Å²) in [7, 11) is 0. The van der Waals surface area contributed by atoms with Gasteiger partial charge in [0.2, 0.25) is 5.91 Å². The van der Waals surface area contributed by atoms with Gasteiger partial charge < -0.3 is 10.8 Å². The van der Waals surface area contributed by atoms with E-state index in [2.05, 4.69) is 0 Å². The normalized spacial score (nSPS) is 14.6. The van der Waals surface area contributed by atoms with Crippen LogP contribution in [0.4, 0.5) is 0 Å². The van der Waals surface area contributed by atoms with Crippen LogP contribution >= 0.6 is 0 Å². The fourth-order valence-corrected chi connectivity index (χ4v) is 0.642. The van der Waals surface area contributed by atoms with Crippen molar-refractivity contribution in [3.8, 4) is 0 Å². The van der Waals surface area contributed by atoms with Crippen molar-refractivity contribution in [2.75, 3.05) is 0 Å². The summed E-state index contributed by atoms with van der Waals surface area (Å²) in [6.07, 6.45) is 2.80. The molecule has 0 heterocycles. The second kappa shape index (κ2) is 4.91. The quantitative estimate of drug-likeness (QED) is 0.586. The van der Waals surface area contributed by atoms with E-state index in [-0.39, 0.29) is 6.10 Å². The van der Waals surface area contributed by atoms with Crippen molar-refractivity contribution in [1.29, 1.82) is 0 Å². The van der Waals surface area contributed by atoms with Crippen LogP contribution in [0.1, 0.15) is 26.7 Å². The fourth-order valence-electron chi connectivity index (χ4n) is 0.642. The predicted molar refractivity (Wildman–Crippen MR) is 43.9 cm³/mol. The minimum atomic E-state index is -0.393. The molecule has 3 heteroatoms. The highest BCUT2D eigenvalue weighted by Crippen LogP contribution is 2.00. The molecule has 3 N–H and O–H groups in total. The molecule has 0 aromatic heterocycles. The van der Waals surface area contributed by atoms with Gasteiger partial charge in [-0.1, -0.05) is 6.08 Å². The number of amides is 1. The molecule has 3 nitrogen and oxygen atoms in total. The third-order valence-electron chi connectivity index (χ3n) is 1.42. The molecule has 1 unspecified atom stereocenters. The maximum Gasteiger partial charge on any atom is 0.244 e. The number of carbonyl (C=O) groups excluding carboxylic acids is 1. The molecule has 11 heavy (non-hydrogen) atoms. The molecule has 0 aliphatic heterocycles. The van der Waals surface area contributed by atoms with Crippen molar-refractivity contribution in [2.45, 2.75) is 32.8 Å². The highest BCUT2D eigenvalue weighted by molar-refractivity contribution is 5.91. The Bertz CT molecular complexity index is 161. The lowest BCUT2D eigenvalue weighted by molar-refractivity contribution is -0.114. The lowest BCUT2D eigenvalue weighted by atomic mass is 10.1. The first-order valence-electron chi connectivity index (χ1n) is 3.68. The van der Waals surface area contributed by atoms with Gasteiger partial charge in [0, 0.05) is 5.57 Å². The van der Waals surface area contributed by atoms with Crippen molar-refractivity contribution in [1.82, 2.24) is 0 Å². The minimum Gasteiger partial charge on any atom is -0.393 e. The summed E-state index contributed by atoms with van der Waals surface area (Å²) in [5.74, 6) is -0.393. The maximum absolute atomic E-state index is 10.5. The van der Waals surface area contributed by atoms with Crippen LogP contribution in [0.25, 0.3) is 0 Å². The van der Waals surface area contributed by atoms with Gasteiger partial charge in [0.1, 0.15) is 0 Å². The Balaban J connectivity index is 3.65. The SMILES string of the molecule is CC(=CCCC(C)O)C(N)=O. The standard InChI is InChI=1S/C8H15NO2/c1-6(8(9)11)4-3-5-7(2)10/h4,7,10H,3,5H2,1-2H3,(H2,9,11). The highest BCUT2D eigenvalue weighted by Gasteiger charge is 1.97. The average molecular weight is 157 g/mol. The van der Waals surface area contributed by atoms with Gasteiger partial charge in [0.25, 0.3) is 0 Å². The largest absolute Gasteiger partial charge is 0.393 e. The zero-order valence-corrected chi connectivity index (χ0v) is 7.00. The molecule has 0 bridgehead atoms. The number of aliphatic hydroxyl groups is 1. The maximum atomic E-state index is 10.5. The van der Waals surface area contributed by atoms with Gasteiger partial charge in [-0.2, -0.15) is 0 Å². The summed E-state index contributed by atoms with van der Waals surface area (Å²) in [6, 6.07) is 0. The van der Waals surface area contributed by atoms with Gasteiger partial charge in [-0.05, 0) is 26.7 Å². The molecule has 0 fully saturated rings. The van der Waals surface area contributed by atoms with E-state index in [1.807, 2.05) is 0 Å². The monoisotopic (exact) mass is 157 g/mol. The summed E-state index contributed by atoms with van der Waals surface area (Å²) in [5, 5.41) is 8.86. The number of hydrogen-bond acceptors (Lipinski definition) is 2. The summed E-state index contributed by atoms with van der Waals surface area (Å²) in [5.41, 5.74) is 5.54. The van der Waals surface area contributed by atoms with Crippen molar-refractivity contribution in [3.05, 3.63) is 11.6 Å². The predicted octanol–water partition coefficient (Wildman–Crippen LogP) is 0.579. The minimum absolute atomic E-state index is 0.313. The summed E-state index contributed by atoms with van der Waals surface area (Å²) in [4.78, 5) is 10.5. The zero-order chi connectivity index (χ0) is 8.85. The first-order chi connectivity index (χ1) is 5.04. The summed E-state index contributed by atoms with van der Waals surface area (Å²) < 4.78 is 0. The van der Waals surface area contributed by atoms with E-state index >= 15 is 0 Å². The lowest BCUT2D eigenvalue weighted by Gasteiger charge is -1.99. The molecule has 1 atom stereocenters. The Morgan fingerprint density at radius 2 is 2.27 bits per heavy atom. The highest BCUT2D eigenvalue weighted by atomic mass is 16.3. The number of allylic oxidation sites excluding steroid dienone is 1. The molecule has 1 amide bonds. The Kier molecular flexibility index (Phi) is 4.54. The number of primary amides is 1. The molecule has 0 aromatic carbocycles. The lowest BCUT2D eigenvalue weighted by Crippen LogP contribution is -2.11.